The Balaban J connectivity index is 2.08. The first-order chi connectivity index (χ1) is 13.4. The third-order valence-corrected chi connectivity index (χ3v) is 6.06. The average Bonchev–Trinajstić information content (AvgIpc) is 2.60. The predicted octanol–water partition coefficient (Wildman–Crippen LogP) is 4.13. The molecule has 0 aliphatic rings. The summed E-state index contributed by atoms with van der Waals surface area (Å²) in [5, 5.41) is 2.85. The van der Waals surface area contributed by atoms with E-state index in [1.54, 1.807) is 37.3 Å². The minimum Gasteiger partial charge on any atom is -0.484 e. The Morgan fingerprint density at radius 1 is 1.10 bits per heavy atom. The molecule has 0 radical (unpaired) electrons. The SMILES string of the molecule is Cc1ccc(S(=O)(=O)N[C@H](NC(=O)COc2ccc(Cl)cc2C)C(Cl)(Cl)Cl)cc1. The summed E-state index contributed by atoms with van der Waals surface area (Å²) < 4.78 is 30.6. The van der Waals surface area contributed by atoms with Crippen LogP contribution in [0.1, 0.15) is 11.1 Å². The van der Waals surface area contributed by atoms with Crippen LogP contribution in [0.4, 0.5) is 0 Å². The first kappa shape index (κ1) is 24.1. The second-order valence-corrected chi connectivity index (χ2v) is 10.7. The molecule has 1 atom stereocenters. The molecule has 2 N–H and O–H groups in total. The van der Waals surface area contributed by atoms with Gasteiger partial charge in [-0.05, 0) is 49.7 Å². The molecular weight excluding hydrogens is 482 g/mol. The second kappa shape index (κ2) is 9.73. The zero-order valence-corrected chi connectivity index (χ0v) is 19.2. The quantitative estimate of drug-likeness (QED) is 0.443. The molecule has 0 saturated heterocycles. The van der Waals surface area contributed by atoms with E-state index in [1.807, 2.05) is 6.92 Å². The summed E-state index contributed by atoms with van der Waals surface area (Å²) in [7, 11) is -4.06. The molecule has 29 heavy (non-hydrogen) atoms. The van der Waals surface area contributed by atoms with Crippen LogP contribution in [0.2, 0.25) is 5.02 Å². The third kappa shape index (κ3) is 7.20. The normalized spacial score (nSPS) is 13.0. The molecule has 0 aliphatic carbocycles. The summed E-state index contributed by atoms with van der Waals surface area (Å²) in [5.41, 5.74) is 1.60. The summed E-state index contributed by atoms with van der Waals surface area (Å²) in [6.45, 7) is 3.15. The van der Waals surface area contributed by atoms with Crippen molar-refractivity contribution < 1.29 is 17.9 Å². The Morgan fingerprint density at radius 3 is 2.28 bits per heavy atom. The molecule has 0 fully saturated rings. The van der Waals surface area contributed by atoms with Crippen LogP contribution in [-0.2, 0) is 14.8 Å². The summed E-state index contributed by atoms with van der Waals surface area (Å²) in [4.78, 5) is 12.2. The molecule has 0 aliphatic heterocycles. The van der Waals surface area contributed by atoms with Gasteiger partial charge in [-0.15, -0.1) is 0 Å². The summed E-state index contributed by atoms with van der Waals surface area (Å²) in [5.74, 6) is -0.252. The van der Waals surface area contributed by atoms with Gasteiger partial charge in [0, 0.05) is 5.02 Å². The fraction of sp³-hybridized carbons (Fsp3) is 0.278. The number of ether oxygens (including phenoxy) is 1. The maximum absolute atomic E-state index is 12.6. The number of carbonyl (C=O) groups is 1. The van der Waals surface area contributed by atoms with Gasteiger partial charge in [-0.25, -0.2) is 8.42 Å². The van der Waals surface area contributed by atoms with Gasteiger partial charge in [-0.3, -0.25) is 4.79 Å². The lowest BCUT2D eigenvalue weighted by atomic mass is 10.2. The van der Waals surface area contributed by atoms with Crippen molar-refractivity contribution in [1.82, 2.24) is 10.0 Å². The van der Waals surface area contributed by atoms with Crippen LogP contribution in [0.25, 0.3) is 0 Å². The van der Waals surface area contributed by atoms with E-state index in [0.29, 0.717) is 10.8 Å². The zero-order valence-electron chi connectivity index (χ0n) is 15.4. The van der Waals surface area contributed by atoms with Crippen LogP contribution < -0.4 is 14.8 Å². The molecule has 0 bridgehead atoms. The van der Waals surface area contributed by atoms with E-state index < -0.39 is 32.5 Å². The molecule has 6 nitrogen and oxygen atoms in total. The maximum atomic E-state index is 12.6. The second-order valence-electron chi connectivity index (χ2n) is 6.17. The number of rotatable bonds is 7. The molecule has 2 rings (SSSR count). The van der Waals surface area contributed by atoms with Crippen molar-refractivity contribution in [3.05, 3.63) is 58.6 Å². The average molecular weight is 500 g/mol. The molecule has 0 unspecified atom stereocenters. The van der Waals surface area contributed by atoms with E-state index in [4.69, 9.17) is 51.1 Å². The van der Waals surface area contributed by atoms with Gasteiger partial charge in [-0.2, -0.15) is 4.72 Å². The molecule has 2 aromatic carbocycles. The van der Waals surface area contributed by atoms with E-state index in [-0.39, 0.29) is 4.90 Å². The minimum absolute atomic E-state index is 0.0374. The number of alkyl halides is 3. The van der Waals surface area contributed by atoms with Crippen LogP contribution >= 0.6 is 46.4 Å². The van der Waals surface area contributed by atoms with Crippen molar-refractivity contribution in [3.8, 4) is 5.75 Å². The summed E-state index contributed by atoms with van der Waals surface area (Å²) in [6.07, 6.45) is -1.53. The van der Waals surface area contributed by atoms with Gasteiger partial charge < -0.3 is 10.1 Å². The van der Waals surface area contributed by atoms with E-state index >= 15 is 0 Å². The van der Waals surface area contributed by atoms with Gasteiger partial charge in [0.2, 0.25) is 13.8 Å². The highest BCUT2D eigenvalue weighted by atomic mass is 35.6. The third-order valence-electron chi connectivity index (χ3n) is 3.73. The number of sulfonamides is 1. The molecule has 2 aromatic rings. The number of nitrogens with one attached hydrogen (secondary N) is 2. The van der Waals surface area contributed by atoms with Crippen molar-refractivity contribution >= 4 is 62.3 Å². The number of hydrogen-bond donors (Lipinski definition) is 2. The topological polar surface area (TPSA) is 84.5 Å². The number of carbonyl (C=O) groups excluding carboxylic acids is 1. The molecule has 158 valence electrons. The highest BCUT2D eigenvalue weighted by molar-refractivity contribution is 7.89. The van der Waals surface area contributed by atoms with E-state index in [0.717, 1.165) is 11.1 Å². The summed E-state index contributed by atoms with van der Waals surface area (Å²) in [6, 6.07) is 11.0. The molecule has 11 heteroatoms. The van der Waals surface area contributed by atoms with Gasteiger partial charge in [0.15, 0.2) is 6.61 Å². The van der Waals surface area contributed by atoms with E-state index in [9.17, 15) is 13.2 Å². The lowest BCUT2D eigenvalue weighted by Gasteiger charge is -2.26. The Kier molecular flexibility index (Phi) is 8.07. The predicted molar refractivity (Wildman–Crippen MR) is 115 cm³/mol. The first-order valence-electron chi connectivity index (χ1n) is 8.22. The van der Waals surface area contributed by atoms with Gasteiger partial charge in [0.25, 0.3) is 5.91 Å². The van der Waals surface area contributed by atoms with Gasteiger partial charge in [0.05, 0.1) is 4.90 Å². The van der Waals surface area contributed by atoms with E-state index in [1.165, 1.54) is 12.1 Å². The molecule has 0 heterocycles. The first-order valence-corrected chi connectivity index (χ1v) is 11.2. The smallest absolute Gasteiger partial charge is 0.259 e. The minimum atomic E-state index is -4.06. The molecule has 1 amide bonds. The maximum Gasteiger partial charge on any atom is 0.259 e. The van der Waals surface area contributed by atoms with E-state index in [2.05, 4.69) is 10.0 Å². The van der Waals surface area contributed by atoms with Crippen molar-refractivity contribution in [2.45, 2.75) is 28.7 Å². The Labute approximate surface area is 189 Å². The molecule has 0 spiro atoms. The van der Waals surface area contributed by atoms with Crippen LogP contribution in [0.15, 0.2) is 47.4 Å². The zero-order chi connectivity index (χ0) is 21.8. The van der Waals surface area contributed by atoms with Crippen LogP contribution in [0.5, 0.6) is 5.75 Å². The van der Waals surface area contributed by atoms with Crippen LogP contribution in [0, 0.1) is 13.8 Å². The number of aryl methyl sites for hydroxylation is 2. The summed E-state index contributed by atoms with van der Waals surface area (Å²) >= 11 is 23.4. The van der Waals surface area contributed by atoms with Crippen molar-refractivity contribution in [2.75, 3.05) is 6.61 Å². The fourth-order valence-corrected chi connectivity index (χ4v) is 4.16. The molecule has 0 saturated carbocycles. The lowest BCUT2D eigenvalue weighted by molar-refractivity contribution is -0.123. The molecular formula is C18H18Cl4N2O4S. The lowest BCUT2D eigenvalue weighted by Crippen LogP contribution is -2.56. The van der Waals surface area contributed by atoms with Gasteiger partial charge in [0.1, 0.15) is 11.9 Å². The van der Waals surface area contributed by atoms with Gasteiger partial charge in [-0.1, -0.05) is 64.1 Å². The van der Waals surface area contributed by atoms with Crippen molar-refractivity contribution in [3.63, 3.8) is 0 Å². The van der Waals surface area contributed by atoms with Crippen molar-refractivity contribution in [2.24, 2.45) is 0 Å². The highest BCUT2D eigenvalue weighted by Crippen LogP contribution is 2.30. The largest absolute Gasteiger partial charge is 0.484 e. The number of benzene rings is 2. The number of halogens is 4. The Bertz CT molecular complexity index is 976. The monoisotopic (exact) mass is 498 g/mol. The van der Waals surface area contributed by atoms with Gasteiger partial charge >= 0.3 is 0 Å². The van der Waals surface area contributed by atoms with Crippen molar-refractivity contribution in [1.29, 1.82) is 0 Å². The molecule has 0 aromatic heterocycles. The Morgan fingerprint density at radius 2 is 1.72 bits per heavy atom. The Hall–Kier alpha value is -1.22. The number of hydrogen-bond acceptors (Lipinski definition) is 4. The van der Waals surface area contributed by atoms with Crippen LogP contribution in [-0.4, -0.2) is 30.9 Å². The van der Waals surface area contributed by atoms with Crippen LogP contribution in [0.3, 0.4) is 0 Å². The highest BCUT2D eigenvalue weighted by Gasteiger charge is 2.37. The fourth-order valence-electron chi connectivity index (χ4n) is 2.24. The standard InChI is InChI=1S/C18H18Cl4N2O4S/c1-11-3-6-14(7-4-11)29(26,27)24-17(18(20,21)22)23-16(25)10-28-15-8-5-13(19)9-12(15)2/h3-9,17,24H,10H2,1-2H3,(H,23,25)/t17-/m0/s1. The number of amides is 1.